The summed E-state index contributed by atoms with van der Waals surface area (Å²) >= 11 is 1.58. The van der Waals surface area contributed by atoms with E-state index in [0.29, 0.717) is 54.0 Å². The average molecular weight is 436 g/mol. The van der Waals surface area contributed by atoms with E-state index in [4.69, 9.17) is 24.2 Å². The summed E-state index contributed by atoms with van der Waals surface area (Å²) in [5.41, 5.74) is 1.14. The number of rotatable bonds is 7. The molecule has 0 radical (unpaired) electrons. The van der Waals surface area contributed by atoms with Gasteiger partial charge in [-0.05, 0) is 35.7 Å². The molecule has 0 aliphatic carbocycles. The summed E-state index contributed by atoms with van der Waals surface area (Å²) < 4.78 is 22.3. The summed E-state index contributed by atoms with van der Waals surface area (Å²) in [5.74, 6) is 1.85. The normalized spacial score (nSPS) is 12.0. The maximum Gasteiger partial charge on any atom is 0.265 e. The Labute approximate surface area is 184 Å². The van der Waals surface area contributed by atoms with E-state index in [-0.39, 0.29) is 12.5 Å². The second kappa shape index (κ2) is 9.41. The Balaban J connectivity index is 1.55. The number of anilines is 1. The van der Waals surface area contributed by atoms with Crippen LogP contribution >= 0.6 is 11.3 Å². The fourth-order valence-electron chi connectivity index (χ4n) is 3.16. The van der Waals surface area contributed by atoms with E-state index < -0.39 is 0 Å². The summed E-state index contributed by atoms with van der Waals surface area (Å²) in [6, 6.07) is 16.2. The number of carbonyl (C=O) groups excluding carboxylic acids is 1. The van der Waals surface area contributed by atoms with E-state index in [2.05, 4.69) is 6.07 Å². The fraction of sp³-hybridized carbons (Fsp3) is 0.217. The van der Waals surface area contributed by atoms with Gasteiger partial charge in [0, 0.05) is 22.7 Å². The Morgan fingerprint density at radius 1 is 1.13 bits per heavy atom. The maximum atomic E-state index is 13.2. The smallest absolute Gasteiger partial charge is 0.265 e. The van der Waals surface area contributed by atoms with Crippen LogP contribution in [-0.4, -0.2) is 32.8 Å². The number of nitrogens with zero attached hydrogens (tertiary/aromatic N) is 2. The maximum absolute atomic E-state index is 13.2. The third-order valence-corrected chi connectivity index (χ3v) is 5.54. The van der Waals surface area contributed by atoms with E-state index in [9.17, 15) is 4.79 Å². The van der Waals surface area contributed by atoms with Gasteiger partial charge in [0.05, 0.1) is 25.3 Å². The average Bonchev–Trinajstić information content (AvgIpc) is 3.34. The van der Waals surface area contributed by atoms with E-state index in [1.165, 1.54) is 7.11 Å². The molecule has 0 fully saturated rings. The number of carbonyl (C=O) groups is 1. The molecular formula is C23H20N2O5S. The minimum absolute atomic E-state index is 0.192. The second-order valence-electron chi connectivity index (χ2n) is 6.65. The predicted molar refractivity (Wildman–Crippen MR) is 116 cm³/mol. The molecule has 2 heterocycles. The predicted octanol–water partition coefficient (Wildman–Crippen LogP) is 4.01. The third kappa shape index (κ3) is 4.73. The molecule has 0 saturated carbocycles. The number of hydrogen-bond acceptors (Lipinski definition) is 7. The molecule has 31 heavy (non-hydrogen) atoms. The molecule has 0 saturated heterocycles. The van der Waals surface area contributed by atoms with Gasteiger partial charge in [0.1, 0.15) is 13.2 Å². The molecule has 158 valence electrons. The van der Waals surface area contributed by atoms with Gasteiger partial charge in [-0.2, -0.15) is 5.26 Å². The minimum Gasteiger partial charge on any atom is -0.493 e. The lowest BCUT2D eigenvalue weighted by atomic mass is 10.2. The molecule has 0 N–H and O–H groups in total. The molecule has 4 rings (SSSR count). The lowest BCUT2D eigenvalue weighted by molar-refractivity contribution is -0.120. The standard InChI is InChI=1S/C23H20N2O5S/c1-27-21-11-16(13-24)4-6-19(21)30-15-23(26)25(14-18-3-2-10-31-18)17-5-7-20-22(12-17)29-9-8-28-20/h2-7,10-12H,8-9,14-15H2,1H3. The molecule has 0 bridgehead atoms. The Morgan fingerprint density at radius 2 is 1.97 bits per heavy atom. The van der Waals surface area contributed by atoms with Crippen molar-refractivity contribution in [2.24, 2.45) is 0 Å². The lowest BCUT2D eigenvalue weighted by Gasteiger charge is -2.25. The molecule has 1 aliphatic rings. The van der Waals surface area contributed by atoms with Crippen molar-refractivity contribution in [1.29, 1.82) is 5.26 Å². The molecule has 1 amide bonds. The molecule has 0 unspecified atom stereocenters. The van der Waals surface area contributed by atoms with Crippen molar-refractivity contribution in [3.05, 3.63) is 64.4 Å². The lowest BCUT2D eigenvalue weighted by Crippen LogP contribution is -2.34. The molecular weight excluding hydrogens is 416 g/mol. The molecule has 0 spiro atoms. The van der Waals surface area contributed by atoms with Gasteiger partial charge in [0.25, 0.3) is 5.91 Å². The van der Waals surface area contributed by atoms with Crippen molar-refractivity contribution in [1.82, 2.24) is 0 Å². The second-order valence-corrected chi connectivity index (χ2v) is 7.69. The van der Waals surface area contributed by atoms with Crippen LogP contribution < -0.4 is 23.8 Å². The van der Waals surface area contributed by atoms with E-state index in [0.717, 1.165) is 4.88 Å². The number of ether oxygens (including phenoxy) is 4. The molecule has 8 heteroatoms. The fourth-order valence-corrected chi connectivity index (χ4v) is 3.85. The highest BCUT2D eigenvalue weighted by atomic mass is 32.1. The van der Waals surface area contributed by atoms with Crippen LogP contribution in [0.3, 0.4) is 0 Å². The number of methoxy groups -OCH3 is 1. The minimum atomic E-state index is -0.225. The largest absolute Gasteiger partial charge is 0.493 e. The van der Waals surface area contributed by atoms with E-state index in [1.807, 2.05) is 35.7 Å². The van der Waals surface area contributed by atoms with Crippen LogP contribution in [0.4, 0.5) is 5.69 Å². The van der Waals surface area contributed by atoms with Gasteiger partial charge >= 0.3 is 0 Å². The molecule has 7 nitrogen and oxygen atoms in total. The van der Waals surface area contributed by atoms with Crippen LogP contribution in [0.25, 0.3) is 0 Å². The van der Waals surface area contributed by atoms with Crippen molar-refractivity contribution in [2.75, 3.05) is 31.8 Å². The van der Waals surface area contributed by atoms with Crippen LogP contribution in [0.1, 0.15) is 10.4 Å². The molecule has 1 aliphatic heterocycles. The highest BCUT2D eigenvalue weighted by molar-refractivity contribution is 7.09. The van der Waals surface area contributed by atoms with Crippen molar-refractivity contribution in [3.8, 4) is 29.1 Å². The van der Waals surface area contributed by atoms with Gasteiger partial charge < -0.3 is 23.8 Å². The number of fused-ring (bicyclic) bond motifs is 1. The zero-order chi connectivity index (χ0) is 21.6. The van der Waals surface area contributed by atoms with Crippen molar-refractivity contribution in [2.45, 2.75) is 6.54 Å². The first-order valence-corrected chi connectivity index (χ1v) is 10.5. The molecule has 2 aromatic carbocycles. The Hall–Kier alpha value is -3.70. The van der Waals surface area contributed by atoms with E-state index >= 15 is 0 Å². The number of nitriles is 1. The number of hydrogen-bond donors (Lipinski definition) is 0. The topological polar surface area (TPSA) is 81.0 Å². The first kappa shape index (κ1) is 20.6. The van der Waals surface area contributed by atoms with Crippen molar-refractivity contribution >= 4 is 22.9 Å². The van der Waals surface area contributed by atoms with Gasteiger partial charge in [0.2, 0.25) is 0 Å². The van der Waals surface area contributed by atoms with Gasteiger partial charge in [-0.3, -0.25) is 4.79 Å². The Morgan fingerprint density at radius 3 is 2.71 bits per heavy atom. The quantitative estimate of drug-likeness (QED) is 0.557. The van der Waals surface area contributed by atoms with Crippen molar-refractivity contribution in [3.63, 3.8) is 0 Å². The van der Waals surface area contributed by atoms with Gasteiger partial charge in [0.15, 0.2) is 29.6 Å². The number of benzene rings is 2. The summed E-state index contributed by atoms with van der Waals surface area (Å²) in [5, 5.41) is 11.0. The van der Waals surface area contributed by atoms with Crippen LogP contribution in [0, 0.1) is 11.3 Å². The number of amides is 1. The van der Waals surface area contributed by atoms with Crippen LogP contribution in [-0.2, 0) is 11.3 Å². The Bertz CT molecular complexity index is 1110. The van der Waals surface area contributed by atoms with E-state index in [1.54, 1.807) is 34.4 Å². The zero-order valence-electron chi connectivity index (χ0n) is 16.9. The third-order valence-electron chi connectivity index (χ3n) is 4.68. The van der Waals surface area contributed by atoms with Gasteiger partial charge in [-0.25, -0.2) is 0 Å². The summed E-state index contributed by atoms with van der Waals surface area (Å²) in [7, 11) is 1.49. The molecule has 0 atom stereocenters. The first-order valence-electron chi connectivity index (χ1n) is 9.61. The van der Waals surface area contributed by atoms with Gasteiger partial charge in [-0.15, -0.1) is 11.3 Å². The van der Waals surface area contributed by atoms with Crippen LogP contribution in [0.15, 0.2) is 53.9 Å². The summed E-state index contributed by atoms with van der Waals surface area (Å²) in [4.78, 5) is 15.9. The van der Waals surface area contributed by atoms with Crippen LogP contribution in [0.5, 0.6) is 23.0 Å². The highest BCUT2D eigenvalue weighted by Crippen LogP contribution is 2.35. The SMILES string of the molecule is COc1cc(C#N)ccc1OCC(=O)N(Cc1cccs1)c1ccc2c(c1)OCCO2. The molecule has 3 aromatic rings. The van der Waals surface area contributed by atoms with Gasteiger partial charge in [-0.1, -0.05) is 6.07 Å². The number of thiophene rings is 1. The Kier molecular flexibility index (Phi) is 6.24. The first-order chi connectivity index (χ1) is 15.2. The molecule has 1 aromatic heterocycles. The summed E-state index contributed by atoms with van der Waals surface area (Å²) in [6.07, 6.45) is 0. The highest BCUT2D eigenvalue weighted by Gasteiger charge is 2.21. The van der Waals surface area contributed by atoms with Crippen LogP contribution in [0.2, 0.25) is 0 Å². The van der Waals surface area contributed by atoms with Crippen molar-refractivity contribution < 1.29 is 23.7 Å². The summed E-state index contributed by atoms with van der Waals surface area (Å²) in [6.45, 7) is 1.19. The zero-order valence-corrected chi connectivity index (χ0v) is 17.7. The monoisotopic (exact) mass is 436 g/mol.